The summed E-state index contributed by atoms with van der Waals surface area (Å²) in [6.07, 6.45) is 8.47. The Labute approximate surface area is 118 Å². The van der Waals surface area contributed by atoms with Crippen LogP contribution in [-0.2, 0) is 6.42 Å². The van der Waals surface area contributed by atoms with E-state index in [0.29, 0.717) is 5.92 Å². The minimum atomic E-state index is -0.280. The Kier molecular flexibility index (Phi) is 3.90. The van der Waals surface area contributed by atoms with Crippen molar-refractivity contribution in [2.24, 2.45) is 5.92 Å². The molecule has 4 heteroatoms. The molecule has 1 fully saturated rings. The van der Waals surface area contributed by atoms with Gasteiger partial charge in [-0.3, -0.25) is 4.98 Å². The van der Waals surface area contributed by atoms with E-state index in [1.54, 1.807) is 12.3 Å². The molecule has 1 aliphatic rings. The topological polar surface area (TPSA) is 29.0 Å². The van der Waals surface area contributed by atoms with Crippen molar-refractivity contribution in [1.29, 1.82) is 0 Å². The maximum Gasteiger partial charge on any atom is 0.141 e. The number of pyridine rings is 2. The van der Waals surface area contributed by atoms with Crippen LogP contribution in [0.1, 0.15) is 18.4 Å². The summed E-state index contributed by atoms with van der Waals surface area (Å²) in [6.45, 7) is 1.98. The van der Waals surface area contributed by atoms with Crippen LogP contribution in [0.3, 0.4) is 0 Å². The smallest absolute Gasteiger partial charge is 0.141 e. The van der Waals surface area contributed by atoms with Gasteiger partial charge in [0.2, 0.25) is 0 Å². The molecule has 0 unspecified atom stereocenters. The first-order chi connectivity index (χ1) is 9.81. The van der Waals surface area contributed by atoms with Crippen LogP contribution in [0.2, 0.25) is 0 Å². The van der Waals surface area contributed by atoms with Crippen LogP contribution in [0.15, 0.2) is 42.9 Å². The fraction of sp³-hybridized carbons (Fsp3) is 0.375. The lowest BCUT2D eigenvalue weighted by Gasteiger charge is -2.33. The highest BCUT2D eigenvalue weighted by molar-refractivity contribution is 5.38. The van der Waals surface area contributed by atoms with Gasteiger partial charge in [-0.2, -0.15) is 0 Å². The van der Waals surface area contributed by atoms with E-state index >= 15 is 0 Å². The highest BCUT2D eigenvalue weighted by Gasteiger charge is 2.21. The molecule has 0 aromatic carbocycles. The molecule has 0 spiro atoms. The predicted octanol–water partition coefficient (Wildman–Crippen LogP) is 3.07. The summed E-state index contributed by atoms with van der Waals surface area (Å²) < 4.78 is 12.9. The first-order valence-electron chi connectivity index (χ1n) is 7.06. The molecule has 1 saturated heterocycles. The molecule has 104 valence electrons. The quantitative estimate of drug-likeness (QED) is 0.859. The summed E-state index contributed by atoms with van der Waals surface area (Å²) in [7, 11) is 0. The lowest BCUT2D eigenvalue weighted by Crippen LogP contribution is -2.36. The van der Waals surface area contributed by atoms with Crippen molar-refractivity contribution in [3.8, 4) is 0 Å². The minimum absolute atomic E-state index is 0.280. The zero-order valence-electron chi connectivity index (χ0n) is 11.4. The van der Waals surface area contributed by atoms with E-state index in [9.17, 15) is 4.39 Å². The molecule has 0 bridgehead atoms. The minimum Gasteiger partial charge on any atom is -0.356 e. The van der Waals surface area contributed by atoms with E-state index in [2.05, 4.69) is 20.9 Å². The summed E-state index contributed by atoms with van der Waals surface area (Å²) in [4.78, 5) is 10.6. The lowest BCUT2D eigenvalue weighted by molar-refractivity contribution is 0.411. The Hall–Kier alpha value is -1.97. The van der Waals surface area contributed by atoms with Gasteiger partial charge in [-0.05, 0) is 48.9 Å². The van der Waals surface area contributed by atoms with Crippen LogP contribution in [-0.4, -0.2) is 23.1 Å². The molecule has 0 N–H and O–H groups in total. The van der Waals surface area contributed by atoms with Gasteiger partial charge in [-0.1, -0.05) is 6.07 Å². The maximum atomic E-state index is 12.9. The van der Waals surface area contributed by atoms with Crippen molar-refractivity contribution >= 4 is 5.82 Å². The summed E-state index contributed by atoms with van der Waals surface area (Å²) in [5.74, 6) is 1.21. The van der Waals surface area contributed by atoms with E-state index in [4.69, 9.17) is 0 Å². The van der Waals surface area contributed by atoms with Gasteiger partial charge < -0.3 is 4.90 Å². The van der Waals surface area contributed by atoms with Gasteiger partial charge >= 0.3 is 0 Å². The molecule has 2 aromatic heterocycles. The van der Waals surface area contributed by atoms with E-state index in [1.165, 1.54) is 24.2 Å². The standard InChI is InChI=1S/C16H18FN3/c17-15-5-6-16(19-11-15)20-8-2-4-14(12-20)9-13-3-1-7-18-10-13/h1,3,5-7,10-11,14H,2,4,8-9,12H2/t14-/m1/s1. The average molecular weight is 271 g/mol. The number of aromatic nitrogens is 2. The van der Waals surface area contributed by atoms with Crippen LogP contribution in [0.5, 0.6) is 0 Å². The highest BCUT2D eigenvalue weighted by atomic mass is 19.1. The number of rotatable bonds is 3. The Morgan fingerprint density at radius 1 is 1.25 bits per heavy atom. The van der Waals surface area contributed by atoms with E-state index in [1.807, 2.05) is 12.3 Å². The van der Waals surface area contributed by atoms with E-state index < -0.39 is 0 Å². The van der Waals surface area contributed by atoms with Crippen molar-refractivity contribution < 1.29 is 4.39 Å². The summed E-state index contributed by atoms with van der Waals surface area (Å²) >= 11 is 0. The molecule has 0 aliphatic carbocycles. The summed E-state index contributed by atoms with van der Waals surface area (Å²) in [5.41, 5.74) is 1.28. The Morgan fingerprint density at radius 3 is 2.95 bits per heavy atom. The molecular formula is C16H18FN3. The number of halogens is 1. The summed E-state index contributed by atoms with van der Waals surface area (Å²) in [5, 5.41) is 0. The lowest BCUT2D eigenvalue weighted by atomic mass is 9.92. The number of piperidine rings is 1. The molecule has 1 atom stereocenters. The van der Waals surface area contributed by atoms with Crippen LogP contribution in [0.4, 0.5) is 10.2 Å². The van der Waals surface area contributed by atoms with E-state index in [-0.39, 0.29) is 5.82 Å². The van der Waals surface area contributed by atoms with Crippen molar-refractivity contribution in [2.45, 2.75) is 19.3 Å². The van der Waals surface area contributed by atoms with Crippen LogP contribution >= 0.6 is 0 Å². The van der Waals surface area contributed by atoms with Crippen LogP contribution in [0.25, 0.3) is 0 Å². The van der Waals surface area contributed by atoms with Crippen molar-refractivity contribution in [3.63, 3.8) is 0 Å². The van der Waals surface area contributed by atoms with Gasteiger partial charge in [-0.15, -0.1) is 0 Å². The molecule has 1 aliphatic heterocycles. The molecule has 20 heavy (non-hydrogen) atoms. The Bertz CT molecular complexity index is 541. The van der Waals surface area contributed by atoms with Gasteiger partial charge in [0.05, 0.1) is 6.20 Å². The Balaban J connectivity index is 1.66. The normalized spacial score (nSPS) is 19.1. The summed E-state index contributed by atoms with van der Waals surface area (Å²) in [6, 6.07) is 7.36. The van der Waals surface area contributed by atoms with Crippen molar-refractivity contribution in [3.05, 3.63) is 54.2 Å². The van der Waals surface area contributed by atoms with Gasteiger partial charge in [-0.25, -0.2) is 9.37 Å². The second kappa shape index (κ2) is 5.99. The van der Waals surface area contributed by atoms with Gasteiger partial charge in [0.25, 0.3) is 0 Å². The monoisotopic (exact) mass is 271 g/mol. The number of nitrogens with zero attached hydrogens (tertiary/aromatic N) is 3. The number of anilines is 1. The number of hydrogen-bond acceptors (Lipinski definition) is 3. The predicted molar refractivity (Wildman–Crippen MR) is 77.1 cm³/mol. The molecule has 3 nitrogen and oxygen atoms in total. The fourth-order valence-corrected chi connectivity index (χ4v) is 2.85. The van der Waals surface area contributed by atoms with Gasteiger partial charge in [0.15, 0.2) is 0 Å². The van der Waals surface area contributed by atoms with Crippen LogP contribution < -0.4 is 4.90 Å². The molecule has 3 heterocycles. The molecule has 0 saturated carbocycles. The van der Waals surface area contributed by atoms with Crippen molar-refractivity contribution in [2.75, 3.05) is 18.0 Å². The molecule has 2 aromatic rings. The average Bonchev–Trinajstić information content (AvgIpc) is 2.49. The zero-order valence-corrected chi connectivity index (χ0v) is 11.4. The third-order valence-electron chi connectivity index (χ3n) is 3.80. The Morgan fingerprint density at radius 2 is 2.20 bits per heavy atom. The van der Waals surface area contributed by atoms with Gasteiger partial charge in [0.1, 0.15) is 11.6 Å². The third kappa shape index (κ3) is 3.13. The fourth-order valence-electron chi connectivity index (χ4n) is 2.85. The third-order valence-corrected chi connectivity index (χ3v) is 3.80. The first kappa shape index (κ1) is 13.0. The second-order valence-corrected chi connectivity index (χ2v) is 5.35. The van der Waals surface area contributed by atoms with Crippen LogP contribution in [0, 0.1) is 11.7 Å². The highest BCUT2D eigenvalue weighted by Crippen LogP contribution is 2.24. The molecule has 3 rings (SSSR count). The first-order valence-corrected chi connectivity index (χ1v) is 7.06. The SMILES string of the molecule is Fc1ccc(N2CCC[C@H](Cc3cccnc3)C2)nc1. The largest absolute Gasteiger partial charge is 0.356 e. The van der Waals surface area contributed by atoms with E-state index in [0.717, 1.165) is 31.7 Å². The molecule has 0 amide bonds. The number of hydrogen-bond donors (Lipinski definition) is 0. The maximum absolute atomic E-state index is 12.9. The van der Waals surface area contributed by atoms with Crippen molar-refractivity contribution in [1.82, 2.24) is 9.97 Å². The zero-order chi connectivity index (χ0) is 13.8. The second-order valence-electron chi connectivity index (χ2n) is 5.35. The van der Waals surface area contributed by atoms with Gasteiger partial charge in [0, 0.05) is 25.5 Å². The molecule has 0 radical (unpaired) electrons. The molecular weight excluding hydrogens is 253 g/mol.